The highest BCUT2D eigenvalue weighted by molar-refractivity contribution is 5.41. The highest BCUT2D eigenvalue weighted by Crippen LogP contribution is 2.33. The Kier molecular flexibility index (Phi) is 5.61. The number of hydrogen-bond donors (Lipinski definition) is 0. The molecule has 25 heavy (non-hydrogen) atoms. The molecule has 2 aromatic rings. The van der Waals surface area contributed by atoms with Gasteiger partial charge in [-0.3, -0.25) is 0 Å². The van der Waals surface area contributed by atoms with E-state index in [1.165, 1.54) is 11.1 Å². The number of benzene rings is 2. The second-order valence-corrected chi connectivity index (χ2v) is 6.70. The molecule has 4 nitrogen and oxygen atoms in total. The molecule has 0 amide bonds. The molecule has 0 radical (unpaired) electrons. The van der Waals surface area contributed by atoms with Gasteiger partial charge in [-0.15, -0.1) is 0 Å². The summed E-state index contributed by atoms with van der Waals surface area (Å²) in [6.45, 7) is 8.77. The van der Waals surface area contributed by atoms with Crippen molar-refractivity contribution in [3.63, 3.8) is 0 Å². The van der Waals surface area contributed by atoms with Gasteiger partial charge in [0.15, 0.2) is 6.79 Å². The molecule has 2 aromatic carbocycles. The minimum absolute atomic E-state index is 0.101. The van der Waals surface area contributed by atoms with Crippen molar-refractivity contribution in [1.29, 1.82) is 0 Å². The number of epoxide rings is 1. The third-order valence-electron chi connectivity index (χ3n) is 4.50. The van der Waals surface area contributed by atoms with Gasteiger partial charge >= 0.3 is 0 Å². The third kappa shape index (κ3) is 4.74. The zero-order chi connectivity index (χ0) is 17.7. The largest absolute Gasteiger partial charge is 0.491 e. The number of ether oxygens (including phenoxy) is 4. The lowest BCUT2D eigenvalue weighted by atomic mass is 9.78. The van der Waals surface area contributed by atoms with Crippen LogP contribution in [0.5, 0.6) is 11.5 Å². The fourth-order valence-corrected chi connectivity index (χ4v) is 2.65. The van der Waals surface area contributed by atoms with E-state index in [-0.39, 0.29) is 18.3 Å². The molecule has 1 atom stereocenters. The van der Waals surface area contributed by atoms with Crippen molar-refractivity contribution >= 4 is 0 Å². The summed E-state index contributed by atoms with van der Waals surface area (Å²) in [7, 11) is 0. The second kappa shape index (κ2) is 7.89. The summed E-state index contributed by atoms with van der Waals surface area (Å²) in [6.07, 6.45) is 0.277. The van der Waals surface area contributed by atoms with E-state index in [2.05, 4.69) is 38.1 Å². The maximum Gasteiger partial charge on any atom is 0.189 e. The van der Waals surface area contributed by atoms with Crippen molar-refractivity contribution in [2.24, 2.45) is 0 Å². The molecule has 1 saturated heterocycles. The summed E-state index contributed by atoms with van der Waals surface area (Å²) >= 11 is 0. The quantitative estimate of drug-likeness (QED) is 0.390. The molecule has 1 aliphatic rings. The first-order valence-electron chi connectivity index (χ1n) is 8.75. The Morgan fingerprint density at radius 2 is 1.44 bits per heavy atom. The molecule has 4 heteroatoms. The molecule has 0 saturated carbocycles. The van der Waals surface area contributed by atoms with Crippen LogP contribution in [-0.2, 0) is 14.9 Å². The van der Waals surface area contributed by atoms with Crippen LogP contribution in [0, 0.1) is 0 Å². The van der Waals surface area contributed by atoms with E-state index < -0.39 is 0 Å². The van der Waals surface area contributed by atoms with Gasteiger partial charge in [0, 0.05) is 12.0 Å². The lowest BCUT2D eigenvalue weighted by Crippen LogP contribution is -2.18. The van der Waals surface area contributed by atoms with Gasteiger partial charge in [-0.2, -0.15) is 0 Å². The first kappa shape index (κ1) is 17.8. The monoisotopic (exact) mass is 342 g/mol. The summed E-state index contributed by atoms with van der Waals surface area (Å²) in [5.74, 6) is 1.70. The van der Waals surface area contributed by atoms with Crippen molar-refractivity contribution < 1.29 is 18.9 Å². The average Bonchev–Trinajstić information content (AvgIpc) is 3.45. The summed E-state index contributed by atoms with van der Waals surface area (Å²) in [4.78, 5) is 0. The summed E-state index contributed by atoms with van der Waals surface area (Å²) < 4.78 is 21.6. The molecule has 1 heterocycles. The predicted octanol–water partition coefficient (Wildman–Crippen LogP) is 4.16. The summed E-state index contributed by atoms with van der Waals surface area (Å²) in [6, 6.07) is 16.5. The maximum atomic E-state index is 5.71. The zero-order valence-electron chi connectivity index (χ0n) is 15.2. The van der Waals surface area contributed by atoms with Gasteiger partial charge in [-0.1, -0.05) is 38.1 Å². The van der Waals surface area contributed by atoms with Crippen LogP contribution in [0.15, 0.2) is 48.5 Å². The molecule has 3 rings (SSSR count). The van der Waals surface area contributed by atoms with E-state index >= 15 is 0 Å². The molecule has 0 aromatic heterocycles. The van der Waals surface area contributed by atoms with Crippen LogP contribution in [0.1, 0.15) is 31.9 Å². The summed E-state index contributed by atoms with van der Waals surface area (Å²) in [5, 5.41) is 0. The predicted molar refractivity (Wildman–Crippen MR) is 97.4 cm³/mol. The lowest BCUT2D eigenvalue weighted by Gasteiger charge is -2.26. The molecular weight excluding hydrogens is 316 g/mol. The van der Waals surface area contributed by atoms with E-state index in [9.17, 15) is 0 Å². The minimum Gasteiger partial charge on any atom is -0.491 e. The van der Waals surface area contributed by atoms with E-state index in [4.69, 9.17) is 18.9 Å². The van der Waals surface area contributed by atoms with E-state index in [0.29, 0.717) is 13.2 Å². The van der Waals surface area contributed by atoms with Crippen LogP contribution in [0.25, 0.3) is 0 Å². The van der Waals surface area contributed by atoms with Crippen LogP contribution in [-0.4, -0.2) is 32.7 Å². The molecule has 0 bridgehead atoms. The Labute approximate surface area is 149 Å². The van der Waals surface area contributed by atoms with Crippen LogP contribution in [0.2, 0.25) is 0 Å². The first-order valence-corrected chi connectivity index (χ1v) is 8.75. The van der Waals surface area contributed by atoms with Crippen molar-refractivity contribution in [2.45, 2.75) is 32.3 Å². The fourth-order valence-electron chi connectivity index (χ4n) is 2.65. The second-order valence-electron chi connectivity index (χ2n) is 6.70. The van der Waals surface area contributed by atoms with Gasteiger partial charge in [-0.25, -0.2) is 0 Å². The van der Waals surface area contributed by atoms with Crippen LogP contribution < -0.4 is 9.47 Å². The Morgan fingerprint density at radius 3 is 1.92 bits per heavy atom. The topological polar surface area (TPSA) is 40.2 Å². The maximum absolute atomic E-state index is 5.71. The van der Waals surface area contributed by atoms with Gasteiger partial charge in [0.1, 0.15) is 24.2 Å². The number of rotatable bonds is 9. The fraction of sp³-hybridized carbons (Fsp3) is 0.429. The Balaban J connectivity index is 1.64. The Bertz CT molecular complexity index is 657. The smallest absolute Gasteiger partial charge is 0.189 e. The molecular formula is C21H26O4. The highest BCUT2D eigenvalue weighted by Gasteiger charge is 2.24. The van der Waals surface area contributed by atoms with E-state index in [1.54, 1.807) is 0 Å². The SMILES string of the molecule is CCOCOc1ccc(C(C)(C)c2ccc(OCC3CO3)cc2)cc1. The lowest BCUT2D eigenvalue weighted by molar-refractivity contribution is 0.0224. The van der Waals surface area contributed by atoms with Crippen LogP contribution in [0.3, 0.4) is 0 Å². The highest BCUT2D eigenvalue weighted by atomic mass is 16.7. The molecule has 1 unspecified atom stereocenters. The van der Waals surface area contributed by atoms with Gasteiger partial charge in [0.2, 0.25) is 0 Å². The average molecular weight is 342 g/mol. The van der Waals surface area contributed by atoms with E-state index in [0.717, 1.165) is 18.1 Å². The standard InChI is InChI=1S/C21H26O4/c1-4-22-15-25-19-11-7-17(8-12-19)21(2,3)16-5-9-18(10-6-16)23-13-20-14-24-20/h5-12,20H,4,13-15H2,1-3H3. The van der Waals surface area contributed by atoms with Crippen molar-refractivity contribution in [3.8, 4) is 11.5 Å². The molecule has 0 aliphatic carbocycles. The molecule has 134 valence electrons. The van der Waals surface area contributed by atoms with Gasteiger partial charge < -0.3 is 18.9 Å². The molecule has 0 spiro atoms. The summed E-state index contributed by atoms with van der Waals surface area (Å²) in [5.41, 5.74) is 2.37. The van der Waals surface area contributed by atoms with Crippen LogP contribution >= 0.6 is 0 Å². The van der Waals surface area contributed by atoms with Gasteiger partial charge in [0.25, 0.3) is 0 Å². The Hall–Kier alpha value is -2.04. The van der Waals surface area contributed by atoms with Crippen LogP contribution in [0.4, 0.5) is 0 Å². The number of hydrogen-bond acceptors (Lipinski definition) is 4. The van der Waals surface area contributed by atoms with Crippen molar-refractivity contribution in [1.82, 2.24) is 0 Å². The van der Waals surface area contributed by atoms with Gasteiger partial charge in [0.05, 0.1) is 6.61 Å². The zero-order valence-corrected chi connectivity index (χ0v) is 15.2. The van der Waals surface area contributed by atoms with E-state index in [1.807, 2.05) is 31.2 Å². The van der Waals surface area contributed by atoms with Crippen molar-refractivity contribution in [2.75, 3.05) is 26.6 Å². The Morgan fingerprint density at radius 1 is 0.920 bits per heavy atom. The van der Waals surface area contributed by atoms with Crippen molar-refractivity contribution in [3.05, 3.63) is 59.7 Å². The molecule has 1 aliphatic heterocycles. The molecule has 1 fully saturated rings. The minimum atomic E-state index is -0.101. The molecule has 0 N–H and O–H groups in total. The first-order chi connectivity index (χ1) is 12.1. The van der Waals surface area contributed by atoms with Gasteiger partial charge in [-0.05, 0) is 42.3 Å². The third-order valence-corrected chi connectivity index (χ3v) is 4.50. The normalized spacial score (nSPS) is 16.5.